The van der Waals surface area contributed by atoms with Crippen molar-refractivity contribution in [3.63, 3.8) is 0 Å². The molecule has 4 aromatic rings. The Balaban J connectivity index is 1.35. The van der Waals surface area contributed by atoms with E-state index < -0.39 is 5.60 Å². The third kappa shape index (κ3) is 4.06. The van der Waals surface area contributed by atoms with E-state index >= 15 is 0 Å². The normalized spacial score (nSPS) is 21.0. The Labute approximate surface area is 186 Å². The molecule has 3 heterocycles. The molecule has 1 aromatic carbocycles. The maximum atomic E-state index is 10.5. The molecule has 1 aliphatic carbocycles. The second-order valence-electron chi connectivity index (χ2n) is 8.62. The van der Waals surface area contributed by atoms with Gasteiger partial charge >= 0.3 is 0 Å². The minimum atomic E-state index is -1.01. The van der Waals surface area contributed by atoms with Crippen molar-refractivity contribution in [1.29, 1.82) is 0 Å². The first-order chi connectivity index (χ1) is 15.5. The monoisotopic (exact) mass is 430 g/mol. The molecule has 0 spiro atoms. The lowest BCUT2D eigenvalue weighted by Gasteiger charge is -2.35. The van der Waals surface area contributed by atoms with Crippen LogP contribution in [0.1, 0.15) is 31.7 Å². The molecule has 1 aliphatic rings. The topological polar surface area (TPSA) is 102 Å². The number of aliphatic hydroxyl groups excluding tert-OH is 1. The summed E-state index contributed by atoms with van der Waals surface area (Å²) in [6.45, 7) is -0.213. The highest BCUT2D eigenvalue weighted by molar-refractivity contribution is 5.70. The van der Waals surface area contributed by atoms with E-state index in [0.29, 0.717) is 18.7 Å². The quantitative estimate of drug-likeness (QED) is 0.504. The summed E-state index contributed by atoms with van der Waals surface area (Å²) >= 11 is 0. The first-order valence-corrected chi connectivity index (χ1v) is 10.8. The van der Waals surface area contributed by atoms with Crippen LogP contribution in [-0.2, 0) is 7.05 Å². The molecule has 0 aliphatic heterocycles. The molecular formula is C24H26N6O2. The molecule has 1 fully saturated rings. The number of nitrogens with zero attached hydrogens (tertiary/aromatic N) is 6. The summed E-state index contributed by atoms with van der Waals surface area (Å²) in [5, 5.41) is 28.7. The van der Waals surface area contributed by atoms with Gasteiger partial charge in [0.1, 0.15) is 0 Å². The minimum Gasteiger partial charge on any atom is -0.393 e. The molecule has 0 amide bonds. The molecule has 0 bridgehead atoms. The third-order valence-electron chi connectivity index (χ3n) is 6.21. The summed E-state index contributed by atoms with van der Waals surface area (Å²) in [6.07, 6.45) is 14.2. The molecule has 8 heteroatoms. The van der Waals surface area contributed by atoms with E-state index in [-0.39, 0.29) is 12.6 Å². The lowest BCUT2D eigenvalue weighted by Crippen LogP contribution is -2.39. The zero-order chi connectivity index (χ0) is 22.1. The number of aliphatic hydroxyl groups is 2. The summed E-state index contributed by atoms with van der Waals surface area (Å²) in [5.74, 6) is 0.659. The Bertz CT molecular complexity index is 1220. The van der Waals surface area contributed by atoms with Crippen LogP contribution in [-0.4, -0.2) is 51.9 Å². The van der Waals surface area contributed by atoms with Gasteiger partial charge in [0.15, 0.2) is 5.82 Å². The van der Waals surface area contributed by atoms with Crippen LogP contribution >= 0.6 is 0 Å². The lowest BCUT2D eigenvalue weighted by atomic mass is 9.82. The maximum absolute atomic E-state index is 10.5. The highest BCUT2D eigenvalue weighted by Crippen LogP contribution is 2.35. The number of aromatic nitrogens is 6. The molecule has 2 unspecified atom stereocenters. The average Bonchev–Trinajstić information content (AvgIpc) is 3.49. The largest absolute Gasteiger partial charge is 0.393 e. The molecule has 0 saturated heterocycles. The Hall–Kier alpha value is -3.36. The molecular weight excluding hydrogens is 404 g/mol. The van der Waals surface area contributed by atoms with Crippen molar-refractivity contribution in [1.82, 2.24) is 29.5 Å². The van der Waals surface area contributed by atoms with Gasteiger partial charge in [0, 0.05) is 60.5 Å². The van der Waals surface area contributed by atoms with Gasteiger partial charge in [-0.1, -0.05) is 18.2 Å². The van der Waals surface area contributed by atoms with E-state index in [0.717, 1.165) is 40.7 Å². The molecule has 1 saturated carbocycles. The van der Waals surface area contributed by atoms with Crippen LogP contribution in [0.15, 0.2) is 61.4 Å². The zero-order valence-electron chi connectivity index (χ0n) is 18.0. The predicted molar refractivity (Wildman–Crippen MR) is 120 cm³/mol. The fraction of sp³-hybridized carbons (Fsp3) is 0.333. The summed E-state index contributed by atoms with van der Waals surface area (Å²) in [4.78, 5) is 9.16. The molecule has 164 valence electrons. The van der Waals surface area contributed by atoms with Gasteiger partial charge in [-0.2, -0.15) is 10.2 Å². The number of benzene rings is 1. The van der Waals surface area contributed by atoms with Gasteiger partial charge in [0.05, 0.1) is 30.6 Å². The zero-order valence-corrected chi connectivity index (χ0v) is 18.0. The third-order valence-corrected chi connectivity index (χ3v) is 6.21. The number of aryl methyl sites for hydroxylation is 1. The standard InChI is InChI=1S/C24H26N6O2/c1-29-14-20(12-27-29)17-4-2-5-18(8-17)23-25-10-19(11-26-23)21-13-28-30(15-21)22-6-3-7-24(32,9-22)16-31/h2,4-5,8,10-15,22,31-32H,3,6-7,9,16H2,1H3. The van der Waals surface area contributed by atoms with Gasteiger partial charge in [0.2, 0.25) is 0 Å². The molecule has 0 radical (unpaired) electrons. The second kappa shape index (κ2) is 8.29. The fourth-order valence-corrected chi connectivity index (χ4v) is 4.40. The van der Waals surface area contributed by atoms with Crippen LogP contribution in [0.25, 0.3) is 33.6 Å². The van der Waals surface area contributed by atoms with Crippen molar-refractivity contribution in [2.24, 2.45) is 7.05 Å². The SMILES string of the molecule is Cn1cc(-c2cccc(-c3ncc(-c4cnn(C5CCCC(O)(CO)C5)c4)cn3)c2)cn1. The van der Waals surface area contributed by atoms with Crippen LogP contribution in [0.4, 0.5) is 0 Å². The van der Waals surface area contributed by atoms with E-state index in [1.54, 1.807) is 10.9 Å². The Kier molecular flexibility index (Phi) is 5.32. The van der Waals surface area contributed by atoms with Crippen molar-refractivity contribution in [2.75, 3.05) is 6.61 Å². The van der Waals surface area contributed by atoms with Gasteiger partial charge < -0.3 is 10.2 Å². The molecule has 8 nitrogen and oxygen atoms in total. The van der Waals surface area contributed by atoms with E-state index in [9.17, 15) is 10.2 Å². The van der Waals surface area contributed by atoms with E-state index in [4.69, 9.17) is 0 Å². The molecule has 2 atom stereocenters. The Morgan fingerprint density at radius 2 is 1.72 bits per heavy atom. The Morgan fingerprint density at radius 3 is 2.47 bits per heavy atom. The van der Waals surface area contributed by atoms with Crippen molar-refractivity contribution in [2.45, 2.75) is 37.3 Å². The van der Waals surface area contributed by atoms with Crippen LogP contribution in [0, 0.1) is 0 Å². The van der Waals surface area contributed by atoms with Gasteiger partial charge in [0.25, 0.3) is 0 Å². The van der Waals surface area contributed by atoms with E-state index in [1.165, 1.54) is 0 Å². The van der Waals surface area contributed by atoms with E-state index in [1.807, 2.05) is 60.9 Å². The van der Waals surface area contributed by atoms with Crippen LogP contribution in [0.3, 0.4) is 0 Å². The first kappa shape index (κ1) is 20.5. The summed E-state index contributed by atoms with van der Waals surface area (Å²) < 4.78 is 3.67. The number of hydrogen-bond acceptors (Lipinski definition) is 6. The van der Waals surface area contributed by atoms with Crippen LogP contribution < -0.4 is 0 Å². The van der Waals surface area contributed by atoms with Gasteiger partial charge in [-0.05, 0) is 30.9 Å². The number of rotatable bonds is 5. The van der Waals surface area contributed by atoms with Crippen molar-refractivity contribution < 1.29 is 10.2 Å². The van der Waals surface area contributed by atoms with E-state index in [2.05, 4.69) is 26.2 Å². The smallest absolute Gasteiger partial charge is 0.159 e. The minimum absolute atomic E-state index is 0.0741. The maximum Gasteiger partial charge on any atom is 0.159 e. The first-order valence-electron chi connectivity index (χ1n) is 10.8. The summed E-state index contributed by atoms with van der Waals surface area (Å²) in [5.41, 5.74) is 3.87. The molecule has 32 heavy (non-hydrogen) atoms. The molecule has 3 aromatic heterocycles. The van der Waals surface area contributed by atoms with Crippen LogP contribution in [0.2, 0.25) is 0 Å². The lowest BCUT2D eigenvalue weighted by molar-refractivity contribution is -0.0562. The van der Waals surface area contributed by atoms with Crippen molar-refractivity contribution in [3.8, 4) is 33.6 Å². The number of hydrogen-bond donors (Lipinski definition) is 2. The highest BCUT2D eigenvalue weighted by atomic mass is 16.3. The summed E-state index contributed by atoms with van der Waals surface area (Å²) in [7, 11) is 1.90. The van der Waals surface area contributed by atoms with Crippen molar-refractivity contribution >= 4 is 0 Å². The molecule has 5 rings (SSSR count). The Morgan fingerprint density at radius 1 is 0.969 bits per heavy atom. The summed E-state index contributed by atoms with van der Waals surface area (Å²) in [6, 6.07) is 8.18. The second-order valence-corrected chi connectivity index (χ2v) is 8.62. The van der Waals surface area contributed by atoms with Crippen LogP contribution in [0.5, 0.6) is 0 Å². The average molecular weight is 431 g/mol. The van der Waals surface area contributed by atoms with Gasteiger partial charge in [-0.15, -0.1) is 0 Å². The predicted octanol–water partition coefficient (Wildman–Crippen LogP) is 3.25. The highest BCUT2D eigenvalue weighted by Gasteiger charge is 2.34. The van der Waals surface area contributed by atoms with Gasteiger partial charge in [-0.25, -0.2) is 9.97 Å². The van der Waals surface area contributed by atoms with Gasteiger partial charge in [-0.3, -0.25) is 9.36 Å². The molecule has 2 N–H and O–H groups in total. The fourth-order valence-electron chi connectivity index (χ4n) is 4.40. The van der Waals surface area contributed by atoms with Crippen molar-refractivity contribution in [3.05, 3.63) is 61.4 Å².